The summed E-state index contributed by atoms with van der Waals surface area (Å²) in [6.45, 7) is 0.856. The highest BCUT2D eigenvalue weighted by Gasteiger charge is 2.65. The molecule has 0 aromatic heterocycles. The molecule has 1 aromatic rings. The van der Waals surface area contributed by atoms with Crippen molar-refractivity contribution in [1.29, 1.82) is 0 Å². The Morgan fingerprint density at radius 3 is 2.81 bits per heavy atom. The number of likely N-dealkylation sites (tertiary alicyclic amines) is 1. The van der Waals surface area contributed by atoms with Crippen molar-refractivity contribution in [3.63, 3.8) is 0 Å². The molecule has 2 saturated heterocycles. The van der Waals surface area contributed by atoms with Crippen LogP contribution in [0.5, 0.6) is 11.5 Å². The number of hydrogen-bond donors (Lipinski definition) is 0. The fourth-order valence-electron chi connectivity index (χ4n) is 4.34. The van der Waals surface area contributed by atoms with E-state index in [4.69, 9.17) is 14.2 Å². The predicted molar refractivity (Wildman–Crippen MR) is 88.6 cm³/mol. The van der Waals surface area contributed by atoms with E-state index >= 15 is 0 Å². The molecule has 4 atom stereocenters. The fraction of sp³-hybridized carbons (Fsp3) is 0.474. The third kappa shape index (κ3) is 2.38. The summed E-state index contributed by atoms with van der Waals surface area (Å²) >= 11 is 0. The van der Waals surface area contributed by atoms with Crippen LogP contribution in [0.1, 0.15) is 5.56 Å². The summed E-state index contributed by atoms with van der Waals surface area (Å²) in [5, 5.41) is 11.5. The predicted octanol–water partition coefficient (Wildman–Crippen LogP) is -0.222. The van der Waals surface area contributed by atoms with E-state index in [1.54, 1.807) is 25.2 Å². The van der Waals surface area contributed by atoms with Crippen molar-refractivity contribution in [3.05, 3.63) is 35.9 Å². The smallest absolute Gasteiger partial charge is 0.229 e. The molecule has 0 saturated carbocycles. The minimum atomic E-state index is -1.22. The van der Waals surface area contributed by atoms with Crippen molar-refractivity contribution in [2.24, 2.45) is 11.8 Å². The third-order valence-electron chi connectivity index (χ3n) is 5.57. The van der Waals surface area contributed by atoms with Crippen molar-refractivity contribution < 1.29 is 28.9 Å². The highest BCUT2D eigenvalue weighted by atomic mass is 16.5. The average Bonchev–Trinajstić information content (AvgIpc) is 3.27. The van der Waals surface area contributed by atoms with Crippen LogP contribution in [-0.4, -0.2) is 55.8 Å². The van der Waals surface area contributed by atoms with E-state index in [0.717, 1.165) is 5.56 Å². The zero-order valence-corrected chi connectivity index (χ0v) is 14.6. The number of benzene rings is 1. The van der Waals surface area contributed by atoms with Gasteiger partial charge in [-0.05, 0) is 24.1 Å². The van der Waals surface area contributed by atoms with E-state index in [-0.39, 0.29) is 5.91 Å². The van der Waals surface area contributed by atoms with Crippen molar-refractivity contribution in [3.8, 4) is 11.5 Å². The van der Waals surface area contributed by atoms with Gasteiger partial charge in [-0.15, -0.1) is 0 Å². The van der Waals surface area contributed by atoms with Gasteiger partial charge >= 0.3 is 0 Å². The zero-order chi connectivity index (χ0) is 18.5. The molecule has 3 heterocycles. The first-order valence-electron chi connectivity index (χ1n) is 8.57. The Bertz CT molecular complexity index is 790. The molecular weight excluding hydrogens is 338 g/mol. The molecule has 26 heavy (non-hydrogen) atoms. The molecule has 1 spiro atoms. The second-order valence-corrected chi connectivity index (χ2v) is 6.92. The van der Waals surface area contributed by atoms with E-state index < -0.39 is 29.5 Å². The fourth-order valence-corrected chi connectivity index (χ4v) is 4.34. The summed E-state index contributed by atoms with van der Waals surface area (Å²) in [6.07, 6.45) is 3.65. The molecular formula is C19H20NO6-. The standard InChI is InChI=1S/C19H21NO6/c1-24-12-4-3-11(9-14(12)25-2)6-8-20-10-19-7-5-13(26-19)15(18(22)23)16(19)17(20)21/h3-5,7,9,13,15-16H,6,8,10H2,1-2H3,(H,22,23)/p-1/t13-,15-,16+,19-/m0/s1. The average molecular weight is 358 g/mol. The molecule has 138 valence electrons. The summed E-state index contributed by atoms with van der Waals surface area (Å²) in [5.74, 6) is -1.70. The van der Waals surface area contributed by atoms with Gasteiger partial charge in [0, 0.05) is 18.4 Å². The van der Waals surface area contributed by atoms with Crippen LogP contribution in [0.4, 0.5) is 0 Å². The highest BCUT2D eigenvalue weighted by Crippen LogP contribution is 2.51. The number of carbonyl (C=O) groups is 2. The number of aliphatic carboxylic acids is 1. The largest absolute Gasteiger partial charge is 0.550 e. The monoisotopic (exact) mass is 358 g/mol. The van der Waals surface area contributed by atoms with Crippen LogP contribution >= 0.6 is 0 Å². The highest BCUT2D eigenvalue weighted by molar-refractivity contribution is 5.90. The number of ether oxygens (including phenoxy) is 3. The SMILES string of the molecule is COc1ccc(CCN2C[C@]34C=C[C@H](O3)[C@H](C(=O)[O-])[C@@H]4C2=O)cc1OC. The Balaban J connectivity index is 1.48. The maximum Gasteiger partial charge on any atom is 0.229 e. The topological polar surface area (TPSA) is 88.1 Å². The van der Waals surface area contributed by atoms with Crippen molar-refractivity contribution in [2.75, 3.05) is 27.3 Å². The van der Waals surface area contributed by atoms with E-state index in [2.05, 4.69) is 0 Å². The van der Waals surface area contributed by atoms with Crippen LogP contribution in [0.25, 0.3) is 0 Å². The van der Waals surface area contributed by atoms with E-state index in [9.17, 15) is 14.7 Å². The van der Waals surface area contributed by atoms with Crippen LogP contribution < -0.4 is 14.6 Å². The molecule has 1 aromatic carbocycles. The lowest BCUT2D eigenvalue weighted by Crippen LogP contribution is -2.45. The van der Waals surface area contributed by atoms with E-state index in [0.29, 0.717) is 31.0 Å². The normalized spacial score (nSPS) is 31.4. The minimum Gasteiger partial charge on any atom is -0.550 e. The molecule has 2 bridgehead atoms. The maximum atomic E-state index is 12.8. The summed E-state index contributed by atoms with van der Waals surface area (Å²) in [5.41, 5.74) is 0.187. The number of carbonyl (C=O) groups excluding carboxylic acids is 2. The summed E-state index contributed by atoms with van der Waals surface area (Å²) in [6, 6.07) is 5.63. The number of hydrogen-bond acceptors (Lipinski definition) is 6. The number of rotatable bonds is 6. The van der Waals surface area contributed by atoms with Crippen molar-refractivity contribution in [2.45, 2.75) is 18.1 Å². The minimum absolute atomic E-state index is 0.175. The lowest BCUT2D eigenvalue weighted by atomic mass is 9.77. The first-order chi connectivity index (χ1) is 12.5. The third-order valence-corrected chi connectivity index (χ3v) is 5.57. The molecule has 2 fully saturated rings. The maximum absolute atomic E-state index is 12.8. The van der Waals surface area contributed by atoms with Gasteiger partial charge in [0.05, 0.1) is 32.8 Å². The lowest BCUT2D eigenvalue weighted by Gasteiger charge is -2.24. The molecule has 0 N–H and O–H groups in total. The van der Waals surface area contributed by atoms with Gasteiger partial charge in [0.25, 0.3) is 0 Å². The van der Waals surface area contributed by atoms with Crippen LogP contribution in [0, 0.1) is 11.8 Å². The van der Waals surface area contributed by atoms with Gasteiger partial charge < -0.3 is 29.0 Å². The van der Waals surface area contributed by atoms with Crippen LogP contribution in [-0.2, 0) is 20.7 Å². The van der Waals surface area contributed by atoms with Gasteiger partial charge in [0.15, 0.2) is 11.5 Å². The zero-order valence-electron chi connectivity index (χ0n) is 14.6. The lowest BCUT2D eigenvalue weighted by molar-refractivity contribution is -0.313. The van der Waals surface area contributed by atoms with E-state index in [1.807, 2.05) is 24.3 Å². The number of amides is 1. The second kappa shape index (κ2) is 6.02. The van der Waals surface area contributed by atoms with Gasteiger partial charge in [0.2, 0.25) is 5.91 Å². The molecule has 0 aliphatic carbocycles. The number of carboxylic acid groups (broad SMARTS) is 1. The van der Waals surface area contributed by atoms with Crippen LogP contribution in [0.3, 0.4) is 0 Å². The Morgan fingerprint density at radius 1 is 1.35 bits per heavy atom. The van der Waals surface area contributed by atoms with Crippen molar-refractivity contribution >= 4 is 11.9 Å². The molecule has 4 rings (SSSR count). The molecule has 7 nitrogen and oxygen atoms in total. The molecule has 7 heteroatoms. The molecule has 3 aliphatic rings. The van der Waals surface area contributed by atoms with Crippen LogP contribution in [0.15, 0.2) is 30.4 Å². The quantitative estimate of drug-likeness (QED) is 0.653. The first-order valence-corrected chi connectivity index (χ1v) is 8.57. The summed E-state index contributed by atoms with van der Waals surface area (Å²) in [4.78, 5) is 26.0. The number of methoxy groups -OCH3 is 2. The van der Waals surface area contributed by atoms with Crippen LogP contribution in [0.2, 0.25) is 0 Å². The molecule has 3 aliphatic heterocycles. The van der Waals surface area contributed by atoms with Crippen molar-refractivity contribution in [1.82, 2.24) is 4.90 Å². The van der Waals surface area contributed by atoms with Gasteiger partial charge in [-0.2, -0.15) is 0 Å². The first kappa shape index (κ1) is 16.9. The molecule has 0 unspecified atom stereocenters. The number of carboxylic acids is 1. The molecule has 0 radical (unpaired) electrons. The Morgan fingerprint density at radius 2 is 2.12 bits per heavy atom. The summed E-state index contributed by atoms with van der Waals surface area (Å²) in [7, 11) is 3.15. The van der Waals surface area contributed by atoms with Gasteiger partial charge in [-0.25, -0.2) is 0 Å². The van der Waals surface area contributed by atoms with Gasteiger partial charge in [0.1, 0.15) is 5.60 Å². The Hall–Kier alpha value is -2.54. The van der Waals surface area contributed by atoms with Gasteiger partial charge in [-0.1, -0.05) is 18.2 Å². The summed E-state index contributed by atoms with van der Waals surface area (Å²) < 4.78 is 16.4. The second-order valence-electron chi connectivity index (χ2n) is 6.92. The van der Waals surface area contributed by atoms with Gasteiger partial charge in [-0.3, -0.25) is 4.79 Å². The Kier molecular flexibility index (Phi) is 3.91. The number of fused-ring (bicyclic) bond motifs is 1. The Labute approximate surface area is 151 Å². The van der Waals surface area contributed by atoms with E-state index in [1.165, 1.54) is 0 Å². The molecule has 1 amide bonds. The number of nitrogens with zero attached hydrogens (tertiary/aromatic N) is 1.